The van der Waals surface area contributed by atoms with Crippen molar-refractivity contribution >= 4 is 0 Å². The maximum atomic E-state index is 9.69. The Kier molecular flexibility index (Phi) is 4.92. The third-order valence-corrected chi connectivity index (χ3v) is 3.18. The van der Waals surface area contributed by atoms with Crippen LogP contribution in [0.5, 0.6) is 5.75 Å². The molecule has 0 spiro atoms. The van der Waals surface area contributed by atoms with Crippen molar-refractivity contribution in [3.63, 3.8) is 0 Å². The van der Waals surface area contributed by atoms with Crippen LogP contribution in [-0.4, -0.2) is 63.2 Å². The fourth-order valence-corrected chi connectivity index (χ4v) is 2.09. The Morgan fingerprint density at radius 1 is 0.900 bits per heavy atom. The van der Waals surface area contributed by atoms with Crippen molar-refractivity contribution in [2.24, 2.45) is 0 Å². The van der Waals surface area contributed by atoms with Gasteiger partial charge in [0.1, 0.15) is 30.2 Å². The summed E-state index contributed by atoms with van der Waals surface area (Å²) >= 11 is 0. The van der Waals surface area contributed by atoms with E-state index < -0.39 is 43.9 Å². The average Bonchev–Trinajstić information content (AvgIpc) is 2.91. The number of benzene rings is 1. The van der Waals surface area contributed by atoms with Gasteiger partial charge in [0.05, 0.1) is 13.2 Å². The molecule has 1 aliphatic heterocycles. The molecule has 0 saturated carbocycles. The molecular weight excluding hydrogens is 268 g/mol. The first-order valence-corrected chi connectivity index (χ1v) is 6.24. The van der Waals surface area contributed by atoms with Gasteiger partial charge >= 0.3 is 0 Å². The zero-order chi connectivity index (χ0) is 14.7. The van der Waals surface area contributed by atoms with E-state index in [1.165, 1.54) is 12.1 Å². The number of aromatic hydroxyl groups is 1. The van der Waals surface area contributed by atoms with Gasteiger partial charge in [0.2, 0.25) is 0 Å². The van der Waals surface area contributed by atoms with E-state index in [0.717, 1.165) is 0 Å². The summed E-state index contributed by atoms with van der Waals surface area (Å²) in [6.45, 7) is -1.10. The predicted octanol–water partition coefficient (Wildman–Crippen LogP) is -1.12. The number of aliphatic hydroxyl groups excluding tert-OH is 4. The van der Waals surface area contributed by atoms with E-state index in [4.69, 9.17) is 19.7 Å². The van der Waals surface area contributed by atoms with E-state index in [1.807, 2.05) is 0 Å². The first-order valence-electron chi connectivity index (χ1n) is 6.24. The smallest absolute Gasteiger partial charge is 0.184 e. The Bertz CT molecular complexity index is 403. The summed E-state index contributed by atoms with van der Waals surface area (Å²) in [6.07, 6.45) is -5.23. The number of aliphatic hydroxyl groups is 4. The van der Waals surface area contributed by atoms with Crippen molar-refractivity contribution < 1.29 is 35.0 Å². The van der Waals surface area contributed by atoms with E-state index in [2.05, 4.69) is 0 Å². The van der Waals surface area contributed by atoms with E-state index in [-0.39, 0.29) is 5.75 Å². The number of phenols is 1. The predicted molar refractivity (Wildman–Crippen MR) is 66.8 cm³/mol. The van der Waals surface area contributed by atoms with Crippen molar-refractivity contribution in [1.29, 1.82) is 0 Å². The van der Waals surface area contributed by atoms with Crippen LogP contribution in [-0.2, 0) is 9.47 Å². The summed E-state index contributed by atoms with van der Waals surface area (Å²) in [6, 6.07) is 6.07. The Balaban J connectivity index is 2.16. The summed E-state index contributed by atoms with van der Waals surface area (Å²) in [7, 11) is 0. The summed E-state index contributed by atoms with van der Waals surface area (Å²) in [4.78, 5) is 0. The van der Waals surface area contributed by atoms with E-state index >= 15 is 0 Å². The number of rotatable bonds is 5. The molecule has 1 aliphatic rings. The van der Waals surface area contributed by atoms with Crippen molar-refractivity contribution in [2.45, 2.75) is 30.7 Å². The van der Waals surface area contributed by atoms with E-state index in [0.29, 0.717) is 5.56 Å². The minimum absolute atomic E-state index is 0.0885. The van der Waals surface area contributed by atoms with Gasteiger partial charge in [0, 0.05) is 5.56 Å². The molecule has 0 bridgehead atoms. The number of hydrogen-bond acceptors (Lipinski definition) is 7. The molecule has 7 nitrogen and oxygen atoms in total. The topological polar surface area (TPSA) is 120 Å². The molecule has 112 valence electrons. The number of ether oxygens (including phenoxy) is 2. The van der Waals surface area contributed by atoms with Crippen LogP contribution in [0.3, 0.4) is 0 Å². The normalized spacial score (nSPS) is 29.3. The first-order chi connectivity index (χ1) is 9.56. The summed E-state index contributed by atoms with van der Waals surface area (Å²) in [5.74, 6) is 0.0885. The van der Waals surface area contributed by atoms with Crippen LogP contribution in [0.25, 0.3) is 0 Å². The lowest BCUT2D eigenvalue weighted by Crippen LogP contribution is -2.45. The van der Waals surface area contributed by atoms with Gasteiger partial charge in [0.25, 0.3) is 0 Å². The monoisotopic (exact) mass is 286 g/mol. The lowest BCUT2D eigenvalue weighted by Gasteiger charge is -2.23. The molecule has 5 N–H and O–H groups in total. The summed E-state index contributed by atoms with van der Waals surface area (Å²) in [5, 5.41) is 46.6. The Morgan fingerprint density at radius 2 is 1.35 bits per heavy atom. The molecule has 1 fully saturated rings. The van der Waals surface area contributed by atoms with Gasteiger partial charge in [-0.05, 0) is 12.1 Å². The van der Waals surface area contributed by atoms with Crippen LogP contribution in [0.15, 0.2) is 24.3 Å². The highest BCUT2D eigenvalue weighted by atomic mass is 16.7. The zero-order valence-corrected chi connectivity index (χ0v) is 10.7. The van der Waals surface area contributed by atoms with E-state index in [1.54, 1.807) is 12.1 Å². The van der Waals surface area contributed by atoms with Gasteiger partial charge in [-0.25, -0.2) is 0 Å². The molecule has 1 aromatic rings. The van der Waals surface area contributed by atoms with Crippen LogP contribution < -0.4 is 0 Å². The first kappa shape index (κ1) is 15.2. The quantitative estimate of drug-likeness (QED) is 0.465. The van der Waals surface area contributed by atoms with Gasteiger partial charge in [-0.15, -0.1) is 0 Å². The maximum Gasteiger partial charge on any atom is 0.184 e. The fourth-order valence-electron chi connectivity index (χ4n) is 2.09. The van der Waals surface area contributed by atoms with Crippen LogP contribution in [0, 0.1) is 0 Å². The van der Waals surface area contributed by atoms with Crippen LogP contribution in [0.1, 0.15) is 11.9 Å². The Hall–Kier alpha value is -1.22. The SMILES string of the molecule is OC[C@@H](O)[C@H]1OC(c2ccc(O)cc2)O[C@@H]1[C@@H](O)CO. The van der Waals surface area contributed by atoms with Gasteiger partial charge in [-0.3, -0.25) is 0 Å². The maximum absolute atomic E-state index is 9.69. The van der Waals surface area contributed by atoms with Gasteiger partial charge in [0.15, 0.2) is 6.29 Å². The molecule has 20 heavy (non-hydrogen) atoms. The van der Waals surface area contributed by atoms with Crippen molar-refractivity contribution in [3.8, 4) is 5.75 Å². The van der Waals surface area contributed by atoms with E-state index in [9.17, 15) is 15.3 Å². The average molecular weight is 286 g/mol. The van der Waals surface area contributed by atoms with Crippen molar-refractivity contribution in [1.82, 2.24) is 0 Å². The highest BCUT2D eigenvalue weighted by Gasteiger charge is 2.44. The standard InChI is InChI=1S/C13H18O7/c14-5-9(17)11-12(10(18)6-15)20-13(19-11)7-1-3-8(16)4-2-7/h1-4,9-18H,5-6H2/t9-,10+,11-,12-,13?/m1/s1. The Labute approximate surface area is 115 Å². The van der Waals surface area contributed by atoms with Crippen molar-refractivity contribution in [2.75, 3.05) is 13.2 Å². The second-order valence-electron chi connectivity index (χ2n) is 4.62. The lowest BCUT2D eigenvalue weighted by atomic mass is 10.0. The van der Waals surface area contributed by atoms with Crippen LogP contribution >= 0.6 is 0 Å². The molecule has 7 heteroatoms. The molecule has 0 aliphatic carbocycles. The third kappa shape index (κ3) is 3.09. The fraction of sp³-hybridized carbons (Fsp3) is 0.538. The largest absolute Gasteiger partial charge is 0.508 e. The second kappa shape index (κ2) is 6.49. The molecule has 0 radical (unpaired) electrons. The molecule has 0 aromatic heterocycles. The van der Waals surface area contributed by atoms with Gasteiger partial charge < -0.3 is 35.0 Å². The van der Waals surface area contributed by atoms with Gasteiger partial charge in [-0.2, -0.15) is 0 Å². The molecule has 2 rings (SSSR count). The number of hydrogen-bond donors (Lipinski definition) is 5. The minimum atomic E-state index is -1.23. The lowest BCUT2D eigenvalue weighted by molar-refractivity contribution is -0.0958. The third-order valence-electron chi connectivity index (χ3n) is 3.18. The second-order valence-corrected chi connectivity index (χ2v) is 4.62. The van der Waals surface area contributed by atoms with Crippen LogP contribution in [0.2, 0.25) is 0 Å². The molecule has 5 atom stereocenters. The zero-order valence-electron chi connectivity index (χ0n) is 10.7. The molecular formula is C13H18O7. The van der Waals surface area contributed by atoms with Crippen molar-refractivity contribution in [3.05, 3.63) is 29.8 Å². The summed E-state index contributed by atoms with van der Waals surface area (Å²) in [5.41, 5.74) is 0.588. The number of phenolic OH excluding ortho intramolecular Hbond substituents is 1. The molecule has 1 saturated heterocycles. The highest BCUT2D eigenvalue weighted by molar-refractivity contribution is 5.27. The minimum Gasteiger partial charge on any atom is -0.508 e. The summed E-state index contributed by atoms with van der Waals surface area (Å²) < 4.78 is 11.0. The van der Waals surface area contributed by atoms with Crippen LogP contribution in [0.4, 0.5) is 0 Å². The van der Waals surface area contributed by atoms with Gasteiger partial charge in [-0.1, -0.05) is 12.1 Å². The molecule has 0 amide bonds. The Morgan fingerprint density at radius 3 is 1.75 bits per heavy atom. The highest BCUT2D eigenvalue weighted by Crippen LogP contribution is 2.34. The molecule has 1 aromatic carbocycles. The molecule has 1 heterocycles. The molecule has 1 unspecified atom stereocenters.